The van der Waals surface area contributed by atoms with Gasteiger partial charge in [-0.1, -0.05) is 12.1 Å². The van der Waals surface area contributed by atoms with E-state index < -0.39 is 0 Å². The van der Waals surface area contributed by atoms with Gasteiger partial charge in [0.2, 0.25) is 5.82 Å². The van der Waals surface area contributed by atoms with Crippen LogP contribution in [0, 0.1) is 6.92 Å². The lowest BCUT2D eigenvalue weighted by molar-refractivity contribution is 0.249. The summed E-state index contributed by atoms with van der Waals surface area (Å²) < 4.78 is 0. The summed E-state index contributed by atoms with van der Waals surface area (Å²) in [6, 6.07) is 8.95. The molecule has 2 aromatic heterocycles. The van der Waals surface area contributed by atoms with Gasteiger partial charge in [-0.25, -0.2) is 4.79 Å². The van der Waals surface area contributed by atoms with Gasteiger partial charge in [-0.2, -0.15) is 9.90 Å². The second-order valence-corrected chi connectivity index (χ2v) is 5.93. The van der Waals surface area contributed by atoms with Crippen LogP contribution in [0.15, 0.2) is 30.3 Å². The molecule has 9 heteroatoms. The number of nitrogens with one attached hydrogen (secondary N) is 3. The van der Waals surface area contributed by atoms with Crippen molar-refractivity contribution in [1.29, 1.82) is 0 Å². The van der Waals surface area contributed by atoms with E-state index in [4.69, 9.17) is 0 Å². The molecule has 0 aliphatic heterocycles. The lowest BCUT2D eigenvalue weighted by atomic mass is 10.2. The van der Waals surface area contributed by atoms with Crippen LogP contribution in [0.3, 0.4) is 0 Å². The average Bonchev–Trinajstić information content (AvgIpc) is 3.16. The molecule has 0 bridgehead atoms. The van der Waals surface area contributed by atoms with Gasteiger partial charge in [0.25, 0.3) is 0 Å². The molecule has 2 amide bonds. The van der Waals surface area contributed by atoms with Crippen LogP contribution in [0.25, 0.3) is 11.4 Å². The number of carbonyl (C=O) groups is 1. The van der Waals surface area contributed by atoms with E-state index in [1.54, 1.807) is 19.2 Å². The van der Waals surface area contributed by atoms with Gasteiger partial charge >= 0.3 is 6.03 Å². The van der Waals surface area contributed by atoms with Crippen LogP contribution >= 0.6 is 0 Å². The van der Waals surface area contributed by atoms with Gasteiger partial charge in [-0.15, -0.1) is 10.2 Å². The first-order valence-electron chi connectivity index (χ1n) is 7.92. The lowest BCUT2D eigenvalue weighted by Gasteiger charge is -2.13. The first-order chi connectivity index (χ1) is 12.0. The van der Waals surface area contributed by atoms with E-state index in [0.717, 1.165) is 17.0 Å². The normalized spacial score (nSPS) is 12.0. The highest BCUT2D eigenvalue weighted by atomic mass is 16.2. The van der Waals surface area contributed by atoms with E-state index >= 15 is 0 Å². The van der Waals surface area contributed by atoms with Crippen molar-refractivity contribution < 1.29 is 4.79 Å². The third-order valence-corrected chi connectivity index (χ3v) is 3.54. The zero-order valence-electron chi connectivity index (χ0n) is 14.3. The van der Waals surface area contributed by atoms with Gasteiger partial charge in [-0.3, -0.25) is 5.10 Å². The highest BCUT2D eigenvalue weighted by Gasteiger charge is 2.11. The molecule has 0 aliphatic rings. The molecule has 3 rings (SSSR count). The largest absolute Gasteiger partial charge is 0.335 e. The predicted octanol–water partition coefficient (Wildman–Crippen LogP) is 1.66. The number of urea groups is 1. The van der Waals surface area contributed by atoms with E-state index in [1.807, 2.05) is 32.0 Å². The molecular weight excluding hydrogens is 320 g/mol. The topological polar surface area (TPSA) is 113 Å². The molecule has 3 aromatic rings. The SMILES string of the molecule is Cc1cc(CC(C)NC(=O)Nc2cccc(-c3nnn(C)n3)c2)n[nH]1. The number of benzene rings is 1. The Kier molecular flexibility index (Phi) is 4.73. The van der Waals surface area contributed by atoms with Crippen LogP contribution in [-0.4, -0.2) is 42.5 Å². The lowest BCUT2D eigenvalue weighted by Crippen LogP contribution is -2.37. The Bertz CT molecular complexity index is 868. The van der Waals surface area contributed by atoms with Crippen molar-refractivity contribution in [3.05, 3.63) is 41.7 Å². The Morgan fingerprint density at radius 2 is 2.20 bits per heavy atom. The van der Waals surface area contributed by atoms with Crippen LogP contribution in [0.1, 0.15) is 18.3 Å². The molecule has 0 saturated heterocycles. The minimum atomic E-state index is -0.274. The molecule has 2 heterocycles. The Morgan fingerprint density at radius 3 is 2.88 bits per heavy atom. The number of hydrogen-bond acceptors (Lipinski definition) is 5. The number of aromatic amines is 1. The molecular formula is C16H20N8O. The Morgan fingerprint density at radius 1 is 1.36 bits per heavy atom. The number of hydrogen-bond donors (Lipinski definition) is 3. The van der Waals surface area contributed by atoms with Crippen molar-refractivity contribution in [3.63, 3.8) is 0 Å². The monoisotopic (exact) mass is 340 g/mol. The average molecular weight is 340 g/mol. The van der Waals surface area contributed by atoms with Crippen LogP contribution in [-0.2, 0) is 13.5 Å². The van der Waals surface area contributed by atoms with Gasteiger partial charge in [-0.05, 0) is 37.3 Å². The van der Waals surface area contributed by atoms with E-state index in [2.05, 4.69) is 36.2 Å². The van der Waals surface area contributed by atoms with Gasteiger partial charge in [0.15, 0.2) is 0 Å². The number of rotatable bonds is 5. The summed E-state index contributed by atoms with van der Waals surface area (Å²) in [4.78, 5) is 13.6. The predicted molar refractivity (Wildman–Crippen MR) is 92.9 cm³/mol. The molecule has 1 unspecified atom stereocenters. The third-order valence-electron chi connectivity index (χ3n) is 3.54. The molecule has 0 fully saturated rings. The molecule has 0 saturated carbocycles. The summed E-state index contributed by atoms with van der Waals surface area (Å²) in [6.07, 6.45) is 0.654. The molecule has 130 valence electrons. The highest BCUT2D eigenvalue weighted by Crippen LogP contribution is 2.18. The summed E-state index contributed by atoms with van der Waals surface area (Å²) in [6.45, 7) is 3.88. The van der Waals surface area contributed by atoms with Crippen LogP contribution in [0.4, 0.5) is 10.5 Å². The number of tetrazole rings is 1. The fourth-order valence-electron chi connectivity index (χ4n) is 2.47. The van der Waals surface area contributed by atoms with Crippen LogP contribution < -0.4 is 10.6 Å². The van der Waals surface area contributed by atoms with Gasteiger partial charge in [0.05, 0.1) is 12.7 Å². The summed E-state index contributed by atoms with van der Waals surface area (Å²) in [7, 11) is 1.70. The van der Waals surface area contributed by atoms with Crippen LogP contribution in [0.2, 0.25) is 0 Å². The van der Waals surface area contributed by atoms with E-state index in [9.17, 15) is 4.79 Å². The standard InChI is InChI=1S/C16H20N8O/c1-10(7-14-8-11(2)19-20-14)17-16(25)18-13-6-4-5-12(9-13)15-21-23-24(3)22-15/h4-6,8-10H,7H2,1-3H3,(H,19,20)(H2,17,18,25). The highest BCUT2D eigenvalue weighted by molar-refractivity contribution is 5.90. The van der Waals surface area contributed by atoms with Crippen LogP contribution in [0.5, 0.6) is 0 Å². The zero-order valence-corrected chi connectivity index (χ0v) is 14.3. The summed E-state index contributed by atoms with van der Waals surface area (Å²) in [5.74, 6) is 0.508. The number of aromatic nitrogens is 6. The molecule has 1 aromatic carbocycles. The minimum absolute atomic E-state index is 0.0486. The molecule has 0 radical (unpaired) electrons. The van der Waals surface area contributed by atoms with E-state index in [1.165, 1.54) is 4.80 Å². The number of amides is 2. The Hall–Kier alpha value is -3.23. The van der Waals surface area contributed by atoms with E-state index in [0.29, 0.717) is 17.9 Å². The number of aryl methyl sites for hydroxylation is 2. The Labute approximate surface area is 144 Å². The minimum Gasteiger partial charge on any atom is -0.335 e. The number of anilines is 1. The molecule has 1 atom stereocenters. The summed E-state index contributed by atoms with van der Waals surface area (Å²) in [5.41, 5.74) is 3.36. The molecule has 9 nitrogen and oxygen atoms in total. The number of carbonyl (C=O) groups excluding carboxylic acids is 1. The first kappa shape index (κ1) is 16.6. The molecule has 25 heavy (non-hydrogen) atoms. The first-order valence-corrected chi connectivity index (χ1v) is 7.92. The summed E-state index contributed by atoms with van der Waals surface area (Å²) >= 11 is 0. The third kappa shape index (κ3) is 4.40. The number of H-pyrrole nitrogens is 1. The van der Waals surface area contributed by atoms with Crippen molar-refractivity contribution >= 4 is 11.7 Å². The van der Waals surface area contributed by atoms with Gasteiger partial charge in [0, 0.05) is 29.4 Å². The van der Waals surface area contributed by atoms with Gasteiger partial charge < -0.3 is 10.6 Å². The molecule has 0 spiro atoms. The second kappa shape index (κ2) is 7.12. The number of nitrogens with zero attached hydrogens (tertiary/aromatic N) is 5. The zero-order chi connectivity index (χ0) is 17.8. The van der Waals surface area contributed by atoms with E-state index in [-0.39, 0.29) is 12.1 Å². The quantitative estimate of drug-likeness (QED) is 0.654. The van der Waals surface area contributed by atoms with Crippen molar-refractivity contribution in [2.75, 3.05) is 5.32 Å². The maximum absolute atomic E-state index is 12.2. The fraction of sp³-hybridized carbons (Fsp3) is 0.312. The van der Waals surface area contributed by atoms with Crippen molar-refractivity contribution in [2.45, 2.75) is 26.3 Å². The smallest absolute Gasteiger partial charge is 0.319 e. The maximum atomic E-state index is 12.2. The van der Waals surface area contributed by atoms with Crippen molar-refractivity contribution in [3.8, 4) is 11.4 Å². The van der Waals surface area contributed by atoms with Gasteiger partial charge in [0.1, 0.15) is 0 Å². The molecule has 3 N–H and O–H groups in total. The fourth-order valence-corrected chi connectivity index (χ4v) is 2.47. The summed E-state index contributed by atoms with van der Waals surface area (Å²) in [5, 5.41) is 24.7. The maximum Gasteiger partial charge on any atom is 0.319 e. The van der Waals surface area contributed by atoms with Crippen molar-refractivity contribution in [1.82, 2.24) is 35.7 Å². The molecule has 0 aliphatic carbocycles. The Balaban J connectivity index is 1.59. The second-order valence-electron chi connectivity index (χ2n) is 5.93. The van der Waals surface area contributed by atoms with Crippen molar-refractivity contribution in [2.24, 2.45) is 7.05 Å².